The summed E-state index contributed by atoms with van der Waals surface area (Å²) in [6.45, 7) is 13.2. The molecule has 0 aromatic heterocycles. The minimum atomic E-state index is -0.628. The Morgan fingerprint density at radius 2 is 1.69 bits per heavy atom. The van der Waals surface area contributed by atoms with Gasteiger partial charge in [0.1, 0.15) is 11.4 Å². The Bertz CT molecular complexity index is 684. The van der Waals surface area contributed by atoms with E-state index in [9.17, 15) is 4.79 Å². The zero-order valence-corrected chi connectivity index (χ0v) is 17.4. The fraction of sp³-hybridized carbons (Fsp3) is 0.611. The maximum atomic E-state index is 12.0. The van der Waals surface area contributed by atoms with Crippen LogP contribution in [0, 0.1) is 0 Å². The molecule has 0 aliphatic carbocycles. The van der Waals surface area contributed by atoms with Crippen LogP contribution in [-0.4, -0.2) is 37.1 Å². The van der Waals surface area contributed by atoms with Gasteiger partial charge in [-0.1, -0.05) is 11.6 Å². The lowest BCUT2D eigenvalue weighted by Gasteiger charge is -2.32. The second kappa shape index (κ2) is 6.95. The van der Waals surface area contributed by atoms with Crippen LogP contribution in [0.15, 0.2) is 12.1 Å². The number of carbonyl (C=O) groups excluding carboxylic acids is 1. The molecule has 1 aromatic carbocycles. The summed E-state index contributed by atoms with van der Waals surface area (Å²) in [6, 6.07) is 3.31. The van der Waals surface area contributed by atoms with Gasteiger partial charge in [-0.15, -0.1) is 0 Å². The molecule has 6 nitrogen and oxygen atoms in total. The van der Waals surface area contributed by atoms with Crippen LogP contribution < -0.4 is 15.5 Å². The number of amides is 1. The van der Waals surface area contributed by atoms with Crippen molar-refractivity contribution in [3.63, 3.8) is 0 Å². The molecule has 0 atom stereocenters. The number of anilines is 1. The fourth-order valence-electron chi connectivity index (χ4n) is 2.40. The zero-order valence-electron chi connectivity index (χ0n) is 16.7. The largest absolute Gasteiger partial charge is 0.496 e. The summed E-state index contributed by atoms with van der Waals surface area (Å²) in [7, 11) is 0.884. The van der Waals surface area contributed by atoms with Crippen LogP contribution in [0.2, 0.25) is 5.02 Å². The highest BCUT2D eigenvalue weighted by atomic mass is 35.5. The van der Waals surface area contributed by atoms with Crippen molar-refractivity contribution in [1.29, 1.82) is 0 Å². The van der Waals surface area contributed by atoms with Crippen LogP contribution in [0.25, 0.3) is 0 Å². The van der Waals surface area contributed by atoms with Gasteiger partial charge in [0.2, 0.25) is 0 Å². The molecule has 1 aliphatic rings. The van der Waals surface area contributed by atoms with E-state index in [2.05, 4.69) is 5.32 Å². The van der Waals surface area contributed by atoms with Crippen molar-refractivity contribution >= 4 is 36.0 Å². The Morgan fingerprint density at radius 3 is 2.15 bits per heavy atom. The lowest BCUT2D eigenvalue weighted by molar-refractivity contribution is 0.00578. The quantitative estimate of drug-likeness (QED) is 0.799. The lowest BCUT2D eigenvalue weighted by atomic mass is 9.78. The Labute approximate surface area is 160 Å². The highest BCUT2D eigenvalue weighted by Crippen LogP contribution is 2.38. The number of hydrogen-bond donors (Lipinski definition) is 1. The highest BCUT2D eigenvalue weighted by molar-refractivity contribution is 6.65. The molecule has 0 unspecified atom stereocenters. The highest BCUT2D eigenvalue weighted by Gasteiger charge is 2.52. The number of methoxy groups -OCH3 is 1. The molecule has 0 saturated carbocycles. The maximum Gasteiger partial charge on any atom is 0.496 e. The van der Waals surface area contributed by atoms with Crippen molar-refractivity contribution in [2.24, 2.45) is 0 Å². The van der Waals surface area contributed by atoms with E-state index >= 15 is 0 Å². The number of nitrogens with one attached hydrogen (secondary N) is 1. The SMILES string of the molecule is COc1cc(B2OC(C)(C)C(C)(C)O2)c(Cl)cc1NC(=O)OC(C)(C)C. The Morgan fingerprint density at radius 1 is 1.15 bits per heavy atom. The van der Waals surface area contributed by atoms with Crippen LogP contribution in [0.4, 0.5) is 10.5 Å². The van der Waals surface area contributed by atoms with Crippen LogP contribution in [0.3, 0.4) is 0 Å². The second-order valence-corrected chi connectivity index (χ2v) is 8.70. The average molecular weight is 384 g/mol. The first-order valence-corrected chi connectivity index (χ1v) is 8.86. The van der Waals surface area contributed by atoms with Gasteiger partial charge in [-0.3, -0.25) is 5.32 Å². The van der Waals surface area contributed by atoms with E-state index < -0.39 is 30.0 Å². The summed E-state index contributed by atoms with van der Waals surface area (Å²) in [6.07, 6.45) is -0.588. The standard InChI is InChI=1S/C18H27BClNO5/c1-16(2,3)24-15(22)21-13-10-12(20)11(9-14(13)23-8)19-25-17(4,5)18(6,7)26-19/h9-10H,1-8H3,(H,21,22). The molecule has 1 amide bonds. The van der Waals surface area contributed by atoms with E-state index in [1.54, 1.807) is 32.9 Å². The summed E-state index contributed by atoms with van der Waals surface area (Å²) >= 11 is 6.43. The van der Waals surface area contributed by atoms with E-state index in [4.69, 9.17) is 30.4 Å². The van der Waals surface area contributed by atoms with Gasteiger partial charge in [-0.25, -0.2) is 4.79 Å². The third-order valence-electron chi connectivity index (χ3n) is 4.46. The number of ether oxygens (including phenoxy) is 2. The van der Waals surface area contributed by atoms with Crippen molar-refractivity contribution in [3.05, 3.63) is 17.2 Å². The molecule has 0 spiro atoms. The number of halogens is 1. The predicted octanol–water partition coefficient (Wildman–Crippen LogP) is 3.99. The zero-order chi connectivity index (χ0) is 19.9. The molecule has 0 radical (unpaired) electrons. The third-order valence-corrected chi connectivity index (χ3v) is 4.79. The lowest BCUT2D eigenvalue weighted by Crippen LogP contribution is -2.41. The summed E-state index contributed by atoms with van der Waals surface area (Å²) < 4.78 is 22.7. The molecule has 1 fully saturated rings. The molecule has 26 heavy (non-hydrogen) atoms. The van der Waals surface area contributed by atoms with Crippen molar-refractivity contribution in [1.82, 2.24) is 0 Å². The summed E-state index contributed by atoms with van der Waals surface area (Å²) in [5, 5.41) is 3.06. The van der Waals surface area contributed by atoms with Gasteiger partial charge in [0.15, 0.2) is 0 Å². The maximum absolute atomic E-state index is 12.0. The van der Waals surface area contributed by atoms with Crippen molar-refractivity contribution < 1.29 is 23.6 Å². The Hall–Kier alpha value is -1.44. The smallest absolute Gasteiger partial charge is 0.495 e. The first-order chi connectivity index (χ1) is 11.8. The molecule has 0 bridgehead atoms. The van der Waals surface area contributed by atoms with Gasteiger partial charge in [-0.2, -0.15) is 0 Å². The van der Waals surface area contributed by atoms with Crippen molar-refractivity contribution in [2.75, 3.05) is 12.4 Å². The van der Waals surface area contributed by atoms with E-state index in [0.29, 0.717) is 21.9 Å². The fourth-order valence-corrected chi connectivity index (χ4v) is 2.65. The van der Waals surface area contributed by atoms with E-state index in [-0.39, 0.29) is 0 Å². The molecule has 1 aliphatic heterocycles. The number of benzene rings is 1. The molecule has 1 saturated heterocycles. The Kier molecular flexibility index (Phi) is 5.58. The number of hydrogen-bond acceptors (Lipinski definition) is 5. The van der Waals surface area contributed by atoms with Crippen LogP contribution >= 0.6 is 11.6 Å². The topological polar surface area (TPSA) is 66.0 Å². The van der Waals surface area contributed by atoms with Gasteiger partial charge in [0.05, 0.1) is 24.0 Å². The average Bonchev–Trinajstić information content (AvgIpc) is 2.65. The normalized spacial score (nSPS) is 18.6. The molecule has 1 heterocycles. The van der Waals surface area contributed by atoms with Gasteiger partial charge in [0.25, 0.3) is 0 Å². The molecule has 1 aromatic rings. The van der Waals surface area contributed by atoms with Crippen LogP contribution in [-0.2, 0) is 14.0 Å². The molecule has 2 rings (SSSR count). The predicted molar refractivity (Wildman–Crippen MR) is 104 cm³/mol. The first-order valence-electron chi connectivity index (χ1n) is 8.49. The van der Waals surface area contributed by atoms with E-state index in [0.717, 1.165) is 0 Å². The van der Waals surface area contributed by atoms with Crippen LogP contribution in [0.1, 0.15) is 48.5 Å². The van der Waals surface area contributed by atoms with Crippen molar-refractivity contribution in [3.8, 4) is 5.75 Å². The summed E-state index contributed by atoms with van der Waals surface area (Å²) in [4.78, 5) is 12.0. The number of rotatable bonds is 3. The summed E-state index contributed by atoms with van der Waals surface area (Å²) in [5.74, 6) is 0.435. The minimum Gasteiger partial charge on any atom is -0.495 e. The molecule has 8 heteroatoms. The first kappa shape index (κ1) is 20.9. The molecule has 1 N–H and O–H groups in total. The van der Waals surface area contributed by atoms with E-state index in [1.807, 2.05) is 27.7 Å². The Balaban J connectivity index is 2.29. The third kappa shape index (κ3) is 4.45. The van der Waals surface area contributed by atoms with Crippen LogP contribution in [0.5, 0.6) is 5.75 Å². The molecule has 144 valence electrons. The van der Waals surface area contributed by atoms with E-state index in [1.165, 1.54) is 7.11 Å². The minimum absolute atomic E-state index is 0.398. The summed E-state index contributed by atoms with van der Waals surface area (Å²) in [5.41, 5.74) is -0.531. The number of carbonyl (C=O) groups is 1. The molecular weight excluding hydrogens is 356 g/mol. The van der Waals surface area contributed by atoms with Gasteiger partial charge >= 0.3 is 13.2 Å². The van der Waals surface area contributed by atoms with Gasteiger partial charge < -0.3 is 18.8 Å². The monoisotopic (exact) mass is 383 g/mol. The second-order valence-electron chi connectivity index (χ2n) is 8.29. The van der Waals surface area contributed by atoms with Gasteiger partial charge in [0, 0.05) is 10.5 Å². The van der Waals surface area contributed by atoms with Crippen molar-refractivity contribution in [2.45, 2.75) is 65.3 Å². The van der Waals surface area contributed by atoms with Gasteiger partial charge in [-0.05, 0) is 60.6 Å². The molecular formula is C18H27BClNO5.